The fraction of sp³-hybridized carbons (Fsp3) is 0.429. The Morgan fingerprint density at radius 1 is 1.50 bits per heavy atom. The highest BCUT2D eigenvalue weighted by Gasteiger charge is 2.27. The molecule has 0 saturated carbocycles. The number of hydrogen-bond acceptors (Lipinski definition) is 2. The van der Waals surface area contributed by atoms with Gasteiger partial charge in [-0.05, 0) is 31.9 Å². The minimum Gasteiger partial charge on any atom is -0.498 e. The van der Waals surface area contributed by atoms with E-state index in [1.807, 2.05) is 6.92 Å². The summed E-state index contributed by atoms with van der Waals surface area (Å²) in [5.41, 5.74) is 2.60. The van der Waals surface area contributed by atoms with Crippen LogP contribution in [0.5, 0.6) is 0 Å². The summed E-state index contributed by atoms with van der Waals surface area (Å²) in [7, 11) is 0. The van der Waals surface area contributed by atoms with E-state index in [0.29, 0.717) is 18.6 Å². The highest BCUT2D eigenvalue weighted by Crippen LogP contribution is 2.31. The summed E-state index contributed by atoms with van der Waals surface area (Å²) in [6, 6.07) is 8.83. The maximum absolute atomic E-state index is 5.53. The molecule has 0 bridgehead atoms. The Bertz CT molecular complexity index is 386. The third kappa shape index (κ3) is 2.06. The van der Waals surface area contributed by atoms with Gasteiger partial charge in [0, 0.05) is 17.6 Å². The number of ether oxygens (including phenoxy) is 1. The first-order chi connectivity index (χ1) is 7.72. The zero-order valence-corrected chi connectivity index (χ0v) is 9.99. The Kier molecular flexibility index (Phi) is 3.18. The second-order valence-electron chi connectivity index (χ2n) is 4.30. The van der Waals surface area contributed by atoms with Gasteiger partial charge in [-0.3, -0.25) is 0 Å². The fourth-order valence-corrected chi connectivity index (χ4v) is 2.28. The van der Waals surface area contributed by atoms with E-state index in [1.165, 1.54) is 11.3 Å². The molecule has 0 saturated heterocycles. The first-order valence-electron chi connectivity index (χ1n) is 5.88. The fourth-order valence-electron chi connectivity index (χ4n) is 2.28. The smallest absolute Gasteiger partial charge is 0.0942 e. The Morgan fingerprint density at radius 3 is 3.00 bits per heavy atom. The summed E-state index contributed by atoms with van der Waals surface area (Å²) in [4.78, 5) is 0. The molecule has 1 N–H and O–H groups in total. The molecule has 2 nitrogen and oxygen atoms in total. The second-order valence-corrected chi connectivity index (χ2v) is 4.30. The molecule has 2 rings (SSSR count). The number of benzene rings is 1. The standard InChI is InChI=1S/C14H19NO/c1-4-16-11(3)13-9-12-7-5-6-8-14(12)15-10(13)2/h5-8,10,13,15H,3-4,9H2,1-2H3/t10-,13-/m1/s1. The largest absolute Gasteiger partial charge is 0.498 e. The summed E-state index contributed by atoms with van der Waals surface area (Å²) in [5.74, 6) is 1.27. The van der Waals surface area contributed by atoms with Crippen molar-refractivity contribution >= 4 is 5.69 Å². The van der Waals surface area contributed by atoms with Crippen molar-refractivity contribution in [3.8, 4) is 0 Å². The number of nitrogens with one attached hydrogen (secondary N) is 1. The predicted molar refractivity (Wildman–Crippen MR) is 67.5 cm³/mol. The van der Waals surface area contributed by atoms with E-state index >= 15 is 0 Å². The molecule has 2 atom stereocenters. The van der Waals surface area contributed by atoms with Gasteiger partial charge in [0.1, 0.15) is 0 Å². The first kappa shape index (κ1) is 11.1. The summed E-state index contributed by atoms with van der Waals surface area (Å²) >= 11 is 0. The highest BCUT2D eigenvalue weighted by molar-refractivity contribution is 5.54. The number of hydrogen-bond donors (Lipinski definition) is 1. The second kappa shape index (κ2) is 4.60. The van der Waals surface area contributed by atoms with Gasteiger partial charge in [0.25, 0.3) is 0 Å². The van der Waals surface area contributed by atoms with E-state index in [1.54, 1.807) is 0 Å². The van der Waals surface area contributed by atoms with Crippen LogP contribution in [0, 0.1) is 5.92 Å². The van der Waals surface area contributed by atoms with Crippen LogP contribution in [0.3, 0.4) is 0 Å². The summed E-state index contributed by atoms with van der Waals surface area (Å²) in [5, 5.41) is 3.51. The lowest BCUT2D eigenvalue weighted by atomic mass is 9.87. The molecule has 0 fully saturated rings. The molecule has 0 spiro atoms. The maximum Gasteiger partial charge on any atom is 0.0942 e. The van der Waals surface area contributed by atoms with Crippen LogP contribution in [0.2, 0.25) is 0 Å². The van der Waals surface area contributed by atoms with Crippen LogP contribution in [-0.2, 0) is 11.2 Å². The molecular formula is C14H19NO. The molecule has 1 aliphatic rings. The van der Waals surface area contributed by atoms with Crippen LogP contribution in [-0.4, -0.2) is 12.6 Å². The van der Waals surface area contributed by atoms with Crippen LogP contribution in [0.4, 0.5) is 5.69 Å². The summed E-state index contributed by atoms with van der Waals surface area (Å²) in [6.45, 7) is 8.91. The zero-order chi connectivity index (χ0) is 11.5. The Hall–Kier alpha value is -1.44. The molecule has 0 amide bonds. The van der Waals surface area contributed by atoms with Crippen molar-refractivity contribution < 1.29 is 4.74 Å². The van der Waals surface area contributed by atoms with Crippen LogP contribution < -0.4 is 5.32 Å². The Labute approximate surface area is 97.3 Å². The topological polar surface area (TPSA) is 21.3 Å². The van der Waals surface area contributed by atoms with E-state index in [4.69, 9.17) is 4.74 Å². The molecule has 1 heterocycles. The average molecular weight is 217 g/mol. The molecule has 0 aliphatic carbocycles. The van der Waals surface area contributed by atoms with Crippen LogP contribution in [0.25, 0.3) is 0 Å². The van der Waals surface area contributed by atoms with E-state index in [9.17, 15) is 0 Å². The molecule has 1 aromatic rings. The monoisotopic (exact) mass is 217 g/mol. The molecule has 0 aromatic heterocycles. The number of para-hydroxylation sites is 1. The van der Waals surface area contributed by atoms with Crippen molar-refractivity contribution in [3.63, 3.8) is 0 Å². The molecule has 86 valence electrons. The molecule has 1 aromatic carbocycles. The lowest BCUT2D eigenvalue weighted by Gasteiger charge is -2.33. The lowest BCUT2D eigenvalue weighted by Crippen LogP contribution is -2.34. The van der Waals surface area contributed by atoms with Crippen molar-refractivity contribution in [2.45, 2.75) is 26.3 Å². The van der Waals surface area contributed by atoms with Gasteiger partial charge in [0.15, 0.2) is 0 Å². The van der Waals surface area contributed by atoms with Gasteiger partial charge in [-0.1, -0.05) is 24.8 Å². The lowest BCUT2D eigenvalue weighted by molar-refractivity contribution is 0.184. The third-order valence-corrected chi connectivity index (χ3v) is 3.19. The van der Waals surface area contributed by atoms with Crippen LogP contribution in [0.15, 0.2) is 36.6 Å². The Morgan fingerprint density at radius 2 is 2.25 bits per heavy atom. The van der Waals surface area contributed by atoms with Crippen LogP contribution in [0.1, 0.15) is 19.4 Å². The highest BCUT2D eigenvalue weighted by atomic mass is 16.5. The van der Waals surface area contributed by atoms with E-state index < -0.39 is 0 Å². The van der Waals surface area contributed by atoms with Gasteiger partial charge in [-0.25, -0.2) is 0 Å². The van der Waals surface area contributed by atoms with Crippen molar-refractivity contribution in [3.05, 3.63) is 42.2 Å². The minimum absolute atomic E-state index is 0.370. The zero-order valence-electron chi connectivity index (χ0n) is 9.99. The first-order valence-corrected chi connectivity index (χ1v) is 5.88. The summed E-state index contributed by atoms with van der Waals surface area (Å²) < 4.78 is 5.53. The van der Waals surface area contributed by atoms with Crippen molar-refractivity contribution in [1.29, 1.82) is 0 Å². The number of fused-ring (bicyclic) bond motifs is 1. The van der Waals surface area contributed by atoms with Gasteiger partial charge in [0.2, 0.25) is 0 Å². The van der Waals surface area contributed by atoms with Gasteiger partial charge in [-0.2, -0.15) is 0 Å². The molecule has 1 aliphatic heterocycles. The van der Waals surface area contributed by atoms with E-state index in [-0.39, 0.29) is 0 Å². The third-order valence-electron chi connectivity index (χ3n) is 3.19. The molecule has 0 radical (unpaired) electrons. The molecule has 2 heteroatoms. The number of anilines is 1. The van der Waals surface area contributed by atoms with E-state index in [2.05, 4.69) is 43.1 Å². The van der Waals surface area contributed by atoms with Crippen molar-refractivity contribution in [2.75, 3.05) is 11.9 Å². The van der Waals surface area contributed by atoms with Crippen LogP contribution >= 0.6 is 0 Å². The van der Waals surface area contributed by atoms with E-state index in [0.717, 1.165) is 12.2 Å². The van der Waals surface area contributed by atoms with Crippen molar-refractivity contribution in [1.82, 2.24) is 0 Å². The minimum atomic E-state index is 0.370. The normalized spacial score (nSPS) is 23.1. The van der Waals surface area contributed by atoms with Gasteiger partial charge in [-0.15, -0.1) is 0 Å². The summed E-state index contributed by atoms with van der Waals surface area (Å²) in [6.07, 6.45) is 1.02. The molecule has 0 unspecified atom stereocenters. The maximum atomic E-state index is 5.53. The quantitative estimate of drug-likeness (QED) is 0.785. The van der Waals surface area contributed by atoms with Gasteiger partial charge >= 0.3 is 0 Å². The Balaban J connectivity index is 2.18. The van der Waals surface area contributed by atoms with Gasteiger partial charge in [0.05, 0.1) is 12.4 Å². The van der Waals surface area contributed by atoms with Gasteiger partial charge < -0.3 is 10.1 Å². The molecular weight excluding hydrogens is 198 g/mol. The average Bonchev–Trinajstić information content (AvgIpc) is 2.28. The predicted octanol–water partition coefficient (Wildman–Crippen LogP) is 3.21. The SMILES string of the molecule is C=C(OCC)[C@@H]1Cc2ccccc2N[C@@H]1C. The van der Waals surface area contributed by atoms with Crippen molar-refractivity contribution in [2.24, 2.45) is 5.92 Å². The number of rotatable bonds is 3. The molecule has 16 heavy (non-hydrogen) atoms.